The van der Waals surface area contributed by atoms with Crippen molar-refractivity contribution < 1.29 is 23.8 Å². The van der Waals surface area contributed by atoms with Crippen LogP contribution in [0.3, 0.4) is 0 Å². The molecule has 0 fully saturated rings. The summed E-state index contributed by atoms with van der Waals surface area (Å²) in [6, 6.07) is 17.3. The Bertz CT molecular complexity index is 1100. The Balaban J connectivity index is 1.64. The zero-order valence-electron chi connectivity index (χ0n) is 19.2. The third kappa shape index (κ3) is 8.43. The molecule has 2 unspecified atom stereocenters. The van der Waals surface area contributed by atoms with E-state index in [1.54, 1.807) is 19.1 Å². The van der Waals surface area contributed by atoms with Gasteiger partial charge in [0, 0.05) is 6.20 Å². The third-order valence-electron chi connectivity index (χ3n) is 5.29. The van der Waals surface area contributed by atoms with E-state index in [2.05, 4.69) is 15.6 Å². The minimum absolute atomic E-state index is 0.0703. The van der Waals surface area contributed by atoms with Crippen molar-refractivity contribution in [3.05, 3.63) is 101 Å². The molecule has 0 saturated carbocycles. The molecule has 0 spiro atoms. The van der Waals surface area contributed by atoms with Crippen LogP contribution in [0.15, 0.2) is 72.9 Å². The highest BCUT2D eigenvalue weighted by molar-refractivity contribution is 6.30. The van der Waals surface area contributed by atoms with E-state index in [1.165, 1.54) is 30.5 Å². The molecule has 0 aliphatic carbocycles. The molecule has 1 heterocycles. The molecule has 2 aromatic carbocycles. The number of benzene rings is 2. The highest BCUT2D eigenvalue weighted by Gasteiger charge is 2.29. The highest BCUT2D eigenvalue weighted by Crippen LogP contribution is 2.11. The van der Waals surface area contributed by atoms with Crippen LogP contribution in [-0.4, -0.2) is 40.2 Å². The van der Waals surface area contributed by atoms with Gasteiger partial charge >= 0.3 is 0 Å². The summed E-state index contributed by atoms with van der Waals surface area (Å²) in [5, 5.41) is 16.5. The van der Waals surface area contributed by atoms with Crippen LogP contribution in [-0.2, 0) is 33.9 Å². The topological polar surface area (TPSA) is 101 Å². The van der Waals surface area contributed by atoms with Crippen LogP contribution < -0.4 is 10.6 Å². The predicted octanol–water partition coefficient (Wildman–Crippen LogP) is 3.18. The lowest BCUT2D eigenvalue weighted by molar-refractivity contribution is -0.136. The van der Waals surface area contributed by atoms with Gasteiger partial charge in [-0.15, -0.1) is 0 Å². The molecule has 0 radical (unpaired) electrons. The SMILES string of the molecule is CC(OCc1ccccc1)C(=O)N[C@H](Cc1ccc(F)cc1)C(O)C(=O)NCc1ccc(Cl)cn1. The van der Waals surface area contributed by atoms with E-state index < -0.39 is 35.9 Å². The number of nitrogens with one attached hydrogen (secondary N) is 2. The van der Waals surface area contributed by atoms with Crippen LogP contribution in [0.4, 0.5) is 4.39 Å². The van der Waals surface area contributed by atoms with Crippen LogP contribution in [0.2, 0.25) is 5.02 Å². The van der Waals surface area contributed by atoms with Crippen molar-refractivity contribution in [1.29, 1.82) is 0 Å². The minimum Gasteiger partial charge on any atom is -0.381 e. The van der Waals surface area contributed by atoms with Gasteiger partial charge in [-0.2, -0.15) is 0 Å². The van der Waals surface area contributed by atoms with E-state index >= 15 is 0 Å². The van der Waals surface area contributed by atoms with Crippen LogP contribution in [0.5, 0.6) is 0 Å². The second kappa shape index (κ2) is 12.9. The van der Waals surface area contributed by atoms with E-state index in [9.17, 15) is 19.1 Å². The Kier molecular flexibility index (Phi) is 9.72. The molecule has 7 nitrogen and oxygen atoms in total. The molecule has 184 valence electrons. The number of hydrogen-bond acceptors (Lipinski definition) is 5. The first-order valence-corrected chi connectivity index (χ1v) is 11.5. The maximum Gasteiger partial charge on any atom is 0.251 e. The van der Waals surface area contributed by atoms with Crippen molar-refractivity contribution in [1.82, 2.24) is 15.6 Å². The van der Waals surface area contributed by atoms with Gasteiger partial charge in [-0.1, -0.05) is 54.1 Å². The van der Waals surface area contributed by atoms with Gasteiger partial charge < -0.3 is 20.5 Å². The standard InChI is InChI=1S/C26H27ClFN3O4/c1-17(35-16-19-5-3-2-4-6-19)25(33)31-23(13-18-7-10-21(28)11-8-18)24(32)26(34)30-15-22-12-9-20(27)14-29-22/h2-12,14,17,23-24,32H,13,15-16H2,1H3,(H,30,34)(H,31,33)/t17?,23-,24?/m1/s1. The number of aromatic nitrogens is 1. The number of nitrogens with zero attached hydrogens (tertiary/aromatic N) is 1. The van der Waals surface area contributed by atoms with Crippen molar-refractivity contribution >= 4 is 23.4 Å². The number of aliphatic hydroxyl groups is 1. The zero-order valence-corrected chi connectivity index (χ0v) is 19.9. The quantitative estimate of drug-likeness (QED) is 0.376. The summed E-state index contributed by atoms with van der Waals surface area (Å²) >= 11 is 5.82. The largest absolute Gasteiger partial charge is 0.381 e. The smallest absolute Gasteiger partial charge is 0.251 e. The Hall–Kier alpha value is -3.33. The molecule has 0 aliphatic heterocycles. The number of amides is 2. The number of hydrogen-bond donors (Lipinski definition) is 3. The van der Waals surface area contributed by atoms with Crippen molar-refractivity contribution in [3.8, 4) is 0 Å². The Morgan fingerprint density at radius 2 is 1.74 bits per heavy atom. The molecule has 0 bridgehead atoms. The van der Waals surface area contributed by atoms with Gasteiger partial charge in [-0.25, -0.2) is 4.39 Å². The fourth-order valence-electron chi connectivity index (χ4n) is 3.26. The van der Waals surface area contributed by atoms with Crippen molar-refractivity contribution in [2.24, 2.45) is 0 Å². The maximum atomic E-state index is 13.3. The average molecular weight is 500 g/mol. The van der Waals surface area contributed by atoms with Gasteiger partial charge in [0.15, 0.2) is 6.10 Å². The van der Waals surface area contributed by atoms with E-state index in [0.717, 1.165) is 5.56 Å². The summed E-state index contributed by atoms with van der Waals surface area (Å²) in [4.78, 5) is 29.6. The minimum atomic E-state index is -1.57. The second-order valence-corrected chi connectivity index (χ2v) is 8.45. The summed E-state index contributed by atoms with van der Waals surface area (Å²) in [5.41, 5.74) is 2.10. The first-order valence-electron chi connectivity index (χ1n) is 11.1. The van der Waals surface area contributed by atoms with Gasteiger partial charge in [0.1, 0.15) is 11.9 Å². The van der Waals surface area contributed by atoms with Gasteiger partial charge in [0.2, 0.25) is 5.91 Å². The Morgan fingerprint density at radius 1 is 1.03 bits per heavy atom. The lowest BCUT2D eigenvalue weighted by atomic mass is 10.00. The van der Waals surface area contributed by atoms with Gasteiger partial charge in [-0.3, -0.25) is 14.6 Å². The van der Waals surface area contributed by atoms with Crippen molar-refractivity contribution in [2.75, 3.05) is 0 Å². The summed E-state index contributed by atoms with van der Waals surface area (Å²) in [6.07, 6.45) is -0.851. The molecule has 0 aliphatic rings. The molecule has 3 aromatic rings. The molecule has 0 saturated heterocycles. The zero-order chi connectivity index (χ0) is 25.2. The summed E-state index contributed by atoms with van der Waals surface area (Å²) in [5.74, 6) is -1.59. The summed E-state index contributed by atoms with van der Waals surface area (Å²) in [6.45, 7) is 1.89. The lowest BCUT2D eigenvalue weighted by Gasteiger charge is -2.25. The lowest BCUT2D eigenvalue weighted by Crippen LogP contribution is -2.53. The van der Waals surface area contributed by atoms with E-state index in [1.807, 2.05) is 30.3 Å². The number of rotatable bonds is 11. The van der Waals surface area contributed by atoms with Crippen LogP contribution in [0, 0.1) is 5.82 Å². The number of carbonyl (C=O) groups is 2. The molecular formula is C26H27ClFN3O4. The fraction of sp³-hybridized carbons (Fsp3) is 0.269. The maximum absolute atomic E-state index is 13.3. The fourth-order valence-corrected chi connectivity index (χ4v) is 3.38. The van der Waals surface area contributed by atoms with Crippen LogP contribution in [0.1, 0.15) is 23.7 Å². The second-order valence-electron chi connectivity index (χ2n) is 8.01. The van der Waals surface area contributed by atoms with Crippen LogP contribution in [0.25, 0.3) is 0 Å². The monoisotopic (exact) mass is 499 g/mol. The van der Waals surface area contributed by atoms with E-state index in [0.29, 0.717) is 16.3 Å². The molecule has 1 aromatic heterocycles. The number of carbonyl (C=O) groups excluding carboxylic acids is 2. The first kappa shape index (κ1) is 26.3. The number of aliphatic hydroxyl groups excluding tert-OH is 1. The number of ether oxygens (including phenoxy) is 1. The highest BCUT2D eigenvalue weighted by atomic mass is 35.5. The van der Waals surface area contributed by atoms with Crippen molar-refractivity contribution in [3.63, 3.8) is 0 Å². The first-order chi connectivity index (χ1) is 16.8. The molecule has 3 atom stereocenters. The van der Waals surface area contributed by atoms with Gasteiger partial charge in [0.25, 0.3) is 5.91 Å². The van der Waals surface area contributed by atoms with Gasteiger partial charge in [0.05, 0.1) is 29.9 Å². The Labute approximate surface area is 208 Å². The molecule has 35 heavy (non-hydrogen) atoms. The normalized spacial score (nSPS) is 13.5. The Morgan fingerprint density at radius 3 is 2.40 bits per heavy atom. The predicted molar refractivity (Wildman–Crippen MR) is 130 cm³/mol. The van der Waals surface area contributed by atoms with E-state index in [-0.39, 0.29) is 19.6 Å². The molecular weight excluding hydrogens is 473 g/mol. The average Bonchev–Trinajstić information content (AvgIpc) is 2.87. The molecule has 3 N–H and O–H groups in total. The molecule has 2 amide bonds. The van der Waals surface area contributed by atoms with Crippen LogP contribution >= 0.6 is 11.6 Å². The summed E-state index contributed by atoms with van der Waals surface area (Å²) < 4.78 is 19.0. The molecule has 9 heteroatoms. The van der Waals surface area contributed by atoms with Gasteiger partial charge in [-0.05, 0) is 48.7 Å². The van der Waals surface area contributed by atoms with Crippen molar-refractivity contribution in [2.45, 2.75) is 44.7 Å². The number of halogens is 2. The summed E-state index contributed by atoms with van der Waals surface area (Å²) in [7, 11) is 0. The number of pyridine rings is 1. The van der Waals surface area contributed by atoms with E-state index in [4.69, 9.17) is 16.3 Å². The third-order valence-corrected chi connectivity index (χ3v) is 5.51. The molecule has 3 rings (SSSR count).